The van der Waals surface area contributed by atoms with E-state index in [2.05, 4.69) is 4.98 Å². The number of pyridine rings is 1. The van der Waals surface area contributed by atoms with Gasteiger partial charge < -0.3 is 9.80 Å². The summed E-state index contributed by atoms with van der Waals surface area (Å²) >= 11 is 1.54. The first-order valence-electron chi connectivity index (χ1n) is 8.25. The van der Waals surface area contributed by atoms with Gasteiger partial charge in [-0.2, -0.15) is 11.3 Å². The molecule has 0 aliphatic carbocycles. The zero-order valence-corrected chi connectivity index (χ0v) is 14.1. The van der Waals surface area contributed by atoms with Crippen LogP contribution in [0.2, 0.25) is 0 Å². The van der Waals surface area contributed by atoms with Gasteiger partial charge in [-0.3, -0.25) is 14.6 Å². The third-order valence-corrected chi connectivity index (χ3v) is 5.67. The number of thiophene rings is 1. The fourth-order valence-electron chi connectivity index (χ4n) is 3.85. The van der Waals surface area contributed by atoms with Gasteiger partial charge in [-0.1, -0.05) is 6.07 Å². The van der Waals surface area contributed by atoms with Gasteiger partial charge in [0.2, 0.25) is 5.91 Å². The van der Waals surface area contributed by atoms with E-state index in [1.54, 1.807) is 12.4 Å². The zero-order valence-electron chi connectivity index (χ0n) is 13.3. The van der Waals surface area contributed by atoms with Crippen molar-refractivity contribution in [3.05, 3.63) is 52.5 Å². The Labute approximate surface area is 144 Å². The number of likely N-dealkylation sites (tertiary alicyclic amines) is 2. The number of aromatic nitrogens is 1. The molecule has 2 aliphatic heterocycles. The molecule has 2 atom stereocenters. The average molecular weight is 341 g/mol. The molecule has 0 radical (unpaired) electrons. The zero-order chi connectivity index (χ0) is 16.5. The van der Waals surface area contributed by atoms with Crippen LogP contribution in [0.4, 0.5) is 0 Å². The van der Waals surface area contributed by atoms with E-state index < -0.39 is 0 Å². The predicted octanol–water partition coefficient (Wildman–Crippen LogP) is 2.55. The summed E-state index contributed by atoms with van der Waals surface area (Å²) in [5.74, 6) is 0.282. The van der Waals surface area contributed by atoms with E-state index in [0.29, 0.717) is 13.0 Å². The van der Waals surface area contributed by atoms with Crippen LogP contribution in [0.5, 0.6) is 0 Å². The van der Waals surface area contributed by atoms with Gasteiger partial charge in [0.25, 0.3) is 5.91 Å². The van der Waals surface area contributed by atoms with Gasteiger partial charge in [-0.15, -0.1) is 0 Å². The summed E-state index contributed by atoms with van der Waals surface area (Å²) in [7, 11) is 0. The second kappa shape index (κ2) is 6.36. The minimum absolute atomic E-state index is 0.0967. The average Bonchev–Trinajstić information content (AvgIpc) is 3.27. The molecule has 2 aromatic rings. The van der Waals surface area contributed by atoms with Crippen molar-refractivity contribution in [3.63, 3.8) is 0 Å². The van der Waals surface area contributed by atoms with E-state index in [-0.39, 0.29) is 23.9 Å². The summed E-state index contributed by atoms with van der Waals surface area (Å²) in [6.45, 7) is 1.30. The van der Waals surface area contributed by atoms with Crippen molar-refractivity contribution in [3.8, 4) is 0 Å². The quantitative estimate of drug-likeness (QED) is 0.862. The molecule has 2 aromatic heterocycles. The van der Waals surface area contributed by atoms with Gasteiger partial charge in [0.1, 0.15) is 0 Å². The van der Waals surface area contributed by atoms with E-state index in [1.807, 2.05) is 38.8 Å². The molecule has 5 nitrogen and oxygen atoms in total. The topological polar surface area (TPSA) is 53.5 Å². The van der Waals surface area contributed by atoms with Crippen LogP contribution in [0.3, 0.4) is 0 Å². The van der Waals surface area contributed by atoms with Crippen molar-refractivity contribution in [2.45, 2.75) is 37.9 Å². The minimum atomic E-state index is 0.0967. The number of nitrogens with zero attached hydrogens (tertiary/aromatic N) is 3. The number of piperidine rings is 1. The van der Waals surface area contributed by atoms with Crippen LogP contribution in [-0.2, 0) is 11.3 Å². The Balaban J connectivity index is 1.54. The Kier molecular flexibility index (Phi) is 4.06. The Hall–Kier alpha value is -2.21. The third-order valence-electron chi connectivity index (χ3n) is 4.99. The number of carbonyl (C=O) groups is 2. The second-order valence-electron chi connectivity index (χ2n) is 6.36. The van der Waals surface area contributed by atoms with Crippen molar-refractivity contribution in [2.24, 2.45) is 0 Å². The lowest BCUT2D eigenvalue weighted by Crippen LogP contribution is -2.52. The van der Waals surface area contributed by atoms with Crippen LogP contribution >= 0.6 is 11.3 Å². The molecule has 2 fully saturated rings. The van der Waals surface area contributed by atoms with Gasteiger partial charge in [-0.25, -0.2) is 0 Å². The van der Waals surface area contributed by atoms with Crippen molar-refractivity contribution in [1.82, 2.24) is 14.8 Å². The van der Waals surface area contributed by atoms with Crippen molar-refractivity contribution >= 4 is 23.2 Å². The van der Waals surface area contributed by atoms with E-state index in [9.17, 15) is 9.59 Å². The monoisotopic (exact) mass is 341 g/mol. The molecular formula is C18H19N3O2S. The predicted molar refractivity (Wildman–Crippen MR) is 91.6 cm³/mol. The largest absolute Gasteiger partial charge is 0.333 e. The fraction of sp³-hybridized carbons (Fsp3) is 0.389. The van der Waals surface area contributed by atoms with Crippen LogP contribution < -0.4 is 0 Å². The SMILES string of the molecule is O=C1CC[C@@H]2[C@@H](CCN2C(=O)c2ccsc2)N1Cc1cccnc1. The maximum Gasteiger partial charge on any atom is 0.255 e. The number of carbonyl (C=O) groups excluding carboxylic acids is 2. The van der Waals surface area contributed by atoms with Gasteiger partial charge in [0.15, 0.2) is 0 Å². The van der Waals surface area contributed by atoms with Crippen LogP contribution in [0.1, 0.15) is 35.2 Å². The second-order valence-corrected chi connectivity index (χ2v) is 7.14. The van der Waals surface area contributed by atoms with Crippen LogP contribution in [0.25, 0.3) is 0 Å². The van der Waals surface area contributed by atoms with Gasteiger partial charge in [0, 0.05) is 37.3 Å². The Morgan fingerprint density at radius 1 is 1.29 bits per heavy atom. The van der Waals surface area contributed by atoms with Crippen molar-refractivity contribution < 1.29 is 9.59 Å². The van der Waals surface area contributed by atoms with Crippen molar-refractivity contribution in [2.75, 3.05) is 6.54 Å². The highest BCUT2D eigenvalue weighted by atomic mass is 32.1. The maximum absolute atomic E-state index is 12.7. The molecule has 2 saturated heterocycles. The van der Waals surface area contributed by atoms with Crippen LogP contribution in [0.15, 0.2) is 41.4 Å². The number of rotatable bonds is 3. The first kappa shape index (κ1) is 15.3. The lowest BCUT2D eigenvalue weighted by atomic mass is 9.95. The highest BCUT2D eigenvalue weighted by Gasteiger charge is 2.44. The molecule has 6 heteroatoms. The number of hydrogen-bond donors (Lipinski definition) is 0. The molecule has 2 aliphatic rings. The number of fused-ring (bicyclic) bond motifs is 1. The summed E-state index contributed by atoms with van der Waals surface area (Å²) < 4.78 is 0. The summed E-state index contributed by atoms with van der Waals surface area (Å²) in [6.07, 6.45) is 5.67. The van der Waals surface area contributed by atoms with Crippen LogP contribution in [0, 0.1) is 0 Å². The first-order valence-corrected chi connectivity index (χ1v) is 9.20. The normalized spacial score (nSPS) is 23.4. The van der Waals surface area contributed by atoms with E-state index in [0.717, 1.165) is 30.5 Å². The summed E-state index contributed by atoms with van der Waals surface area (Å²) in [4.78, 5) is 33.2. The fourth-order valence-corrected chi connectivity index (χ4v) is 4.48. The number of amides is 2. The summed E-state index contributed by atoms with van der Waals surface area (Å²) in [5.41, 5.74) is 1.80. The molecular weight excluding hydrogens is 322 g/mol. The van der Waals surface area contributed by atoms with Crippen LogP contribution in [-0.4, -0.2) is 45.2 Å². The molecule has 4 heterocycles. The lowest BCUT2D eigenvalue weighted by molar-refractivity contribution is -0.138. The molecule has 0 spiro atoms. The third kappa shape index (κ3) is 2.71. The van der Waals surface area contributed by atoms with Gasteiger partial charge in [-0.05, 0) is 35.9 Å². The minimum Gasteiger partial charge on any atom is -0.333 e. The van der Waals surface area contributed by atoms with Gasteiger partial charge in [0.05, 0.1) is 17.6 Å². The molecule has 0 saturated carbocycles. The molecule has 0 bridgehead atoms. The summed E-state index contributed by atoms with van der Waals surface area (Å²) in [6, 6.07) is 6.01. The standard InChI is InChI=1S/C18H19N3O2S/c22-17-4-3-15-16(21(17)11-13-2-1-7-19-10-13)5-8-20(15)18(23)14-6-9-24-12-14/h1-2,6-7,9-10,12,15-16H,3-5,8,11H2/t15-,16-/m1/s1. The molecule has 0 unspecified atom stereocenters. The summed E-state index contributed by atoms with van der Waals surface area (Å²) in [5, 5.41) is 3.83. The van der Waals surface area contributed by atoms with Crippen molar-refractivity contribution in [1.29, 1.82) is 0 Å². The Bertz CT molecular complexity index is 732. The highest BCUT2D eigenvalue weighted by molar-refractivity contribution is 7.08. The maximum atomic E-state index is 12.7. The Morgan fingerprint density at radius 2 is 2.21 bits per heavy atom. The molecule has 24 heavy (non-hydrogen) atoms. The Morgan fingerprint density at radius 3 is 2.96 bits per heavy atom. The van der Waals surface area contributed by atoms with E-state index in [4.69, 9.17) is 0 Å². The van der Waals surface area contributed by atoms with E-state index >= 15 is 0 Å². The van der Waals surface area contributed by atoms with E-state index in [1.165, 1.54) is 11.3 Å². The molecule has 4 rings (SSSR count). The lowest BCUT2D eigenvalue weighted by Gasteiger charge is -2.39. The molecule has 2 amide bonds. The smallest absolute Gasteiger partial charge is 0.255 e. The van der Waals surface area contributed by atoms with Gasteiger partial charge >= 0.3 is 0 Å². The molecule has 124 valence electrons. The molecule has 0 N–H and O–H groups in total. The molecule has 0 aromatic carbocycles. The highest BCUT2D eigenvalue weighted by Crippen LogP contribution is 2.33. The first-order chi connectivity index (χ1) is 11.7. The number of hydrogen-bond acceptors (Lipinski definition) is 4.